The predicted molar refractivity (Wildman–Crippen MR) is 69.1 cm³/mol. The van der Waals surface area contributed by atoms with Gasteiger partial charge in [0.1, 0.15) is 12.6 Å². The van der Waals surface area contributed by atoms with E-state index in [2.05, 4.69) is 20.6 Å². The minimum atomic E-state index is -1.09. The fraction of sp³-hybridized carbons (Fsp3) is 0.583. The number of ether oxygens (including phenoxy) is 1. The maximum absolute atomic E-state index is 11.7. The largest absolute Gasteiger partial charge is 0.480 e. The van der Waals surface area contributed by atoms with E-state index in [9.17, 15) is 9.59 Å². The summed E-state index contributed by atoms with van der Waals surface area (Å²) in [6.07, 6.45) is 3.14. The smallest absolute Gasteiger partial charge is 0.326 e. The van der Waals surface area contributed by atoms with Crippen molar-refractivity contribution in [2.75, 3.05) is 19.7 Å². The van der Waals surface area contributed by atoms with Crippen molar-refractivity contribution in [3.8, 4) is 0 Å². The van der Waals surface area contributed by atoms with Crippen molar-refractivity contribution in [3.05, 3.63) is 18.2 Å². The van der Waals surface area contributed by atoms with E-state index in [0.29, 0.717) is 18.8 Å². The number of carbonyl (C=O) groups is 2. The molecule has 0 saturated carbocycles. The van der Waals surface area contributed by atoms with Crippen LogP contribution in [0.2, 0.25) is 0 Å². The molecular formula is C12H18N4O4. The Morgan fingerprint density at radius 2 is 2.35 bits per heavy atom. The lowest BCUT2D eigenvalue weighted by Gasteiger charge is -2.38. The van der Waals surface area contributed by atoms with E-state index in [4.69, 9.17) is 9.84 Å². The number of hydrogen-bond donors (Lipinski definition) is 4. The number of aromatic nitrogens is 2. The van der Waals surface area contributed by atoms with E-state index < -0.39 is 17.9 Å². The number of nitrogens with zero attached hydrogens (tertiary/aromatic N) is 1. The number of nitrogens with one attached hydrogen (secondary N) is 3. The summed E-state index contributed by atoms with van der Waals surface area (Å²) >= 11 is 0. The van der Waals surface area contributed by atoms with Crippen LogP contribution in [0.5, 0.6) is 0 Å². The molecular weight excluding hydrogens is 264 g/mol. The third kappa shape index (κ3) is 3.78. The Bertz CT molecular complexity index is 470. The van der Waals surface area contributed by atoms with Crippen LogP contribution in [-0.2, 0) is 20.7 Å². The first-order valence-corrected chi connectivity index (χ1v) is 6.33. The third-order valence-electron chi connectivity index (χ3n) is 3.16. The van der Waals surface area contributed by atoms with Gasteiger partial charge in [0.25, 0.3) is 0 Å². The summed E-state index contributed by atoms with van der Waals surface area (Å²) in [6, 6.07) is -1.00. The van der Waals surface area contributed by atoms with Gasteiger partial charge in [0.15, 0.2) is 0 Å². The van der Waals surface area contributed by atoms with Crippen LogP contribution in [0.3, 0.4) is 0 Å². The summed E-state index contributed by atoms with van der Waals surface area (Å²) in [7, 11) is 0. The van der Waals surface area contributed by atoms with Gasteiger partial charge in [-0.25, -0.2) is 9.78 Å². The predicted octanol–water partition coefficient (Wildman–Crippen LogP) is -1.10. The Morgan fingerprint density at radius 1 is 1.60 bits per heavy atom. The van der Waals surface area contributed by atoms with Crippen molar-refractivity contribution >= 4 is 11.9 Å². The average Bonchev–Trinajstić information content (AvgIpc) is 2.86. The Morgan fingerprint density at radius 3 is 2.85 bits per heavy atom. The molecule has 1 fully saturated rings. The molecule has 0 aromatic carbocycles. The van der Waals surface area contributed by atoms with E-state index in [-0.39, 0.29) is 18.6 Å². The Labute approximate surface area is 115 Å². The van der Waals surface area contributed by atoms with Crippen molar-refractivity contribution in [2.24, 2.45) is 0 Å². The number of carboxylic acids is 1. The highest BCUT2D eigenvalue weighted by Gasteiger charge is 2.33. The first-order valence-electron chi connectivity index (χ1n) is 6.33. The van der Waals surface area contributed by atoms with Crippen molar-refractivity contribution < 1.29 is 19.4 Å². The number of imidazole rings is 1. The molecule has 0 bridgehead atoms. The number of H-pyrrole nitrogens is 1. The SMILES string of the molecule is CC1(OCC(=O)N[C@@H](Cc2cnc[nH]2)C(=O)O)CNC1. The molecule has 1 amide bonds. The van der Waals surface area contributed by atoms with Gasteiger partial charge in [-0.05, 0) is 6.92 Å². The van der Waals surface area contributed by atoms with Crippen LogP contribution in [0.4, 0.5) is 0 Å². The van der Waals surface area contributed by atoms with Crippen LogP contribution in [0.25, 0.3) is 0 Å². The fourth-order valence-corrected chi connectivity index (χ4v) is 1.87. The number of aromatic amines is 1. The van der Waals surface area contributed by atoms with Crippen LogP contribution in [-0.4, -0.2) is 58.3 Å². The molecule has 8 nitrogen and oxygen atoms in total. The molecule has 110 valence electrons. The lowest BCUT2D eigenvalue weighted by molar-refractivity contribution is -0.145. The molecule has 2 heterocycles. The molecule has 0 radical (unpaired) electrons. The van der Waals surface area contributed by atoms with Gasteiger partial charge in [0.05, 0.1) is 11.9 Å². The number of carbonyl (C=O) groups excluding carboxylic acids is 1. The van der Waals surface area contributed by atoms with Crippen LogP contribution in [0.1, 0.15) is 12.6 Å². The molecule has 1 aliphatic rings. The van der Waals surface area contributed by atoms with E-state index >= 15 is 0 Å². The number of amides is 1. The van der Waals surface area contributed by atoms with Crippen molar-refractivity contribution in [3.63, 3.8) is 0 Å². The van der Waals surface area contributed by atoms with Gasteiger partial charge in [-0.1, -0.05) is 0 Å². The summed E-state index contributed by atoms with van der Waals surface area (Å²) in [5.74, 6) is -1.53. The summed E-state index contributed by atoms with van der Waals surface area (Å²) in [5.41, 5.74) is 0.313. The van der Waals surface area contributed by atoms with Gasteiger partial charge in [-0.15, -0.1) is 0 Å². The standard InChI is InChI=1S/C12H18N4O4/c1-12(5-14-6-12)20-4-10(17)16-9(11(18)19)2-8-3-13-7-15-8/h3,7,9,14H,2,4-6H2,1H3,(H,13,15)(H,16,17)(H,18,19)/t9-/m0/s1. The van der Waals surface area contributed by atoms with Gasteiger partial charge in [0.2, 0.25) is 5.91 Å². The van der Waals surface area contributed by atoms with Crippen LogP contribution < -0.4 is 10.6 Å². The zero-order valence-corrected chi connectivity index (χ0v) is 11.2. The van der Waals surface area contributed by atoms with Crippen LogP contribution >= 0.6 is 0 Å². The molecule has 0 aliphatic carbocycles. The molecule has 0 unspecified atom stereocenters. The van der Waals surface area contributed by atoms with Gasteiger partial charge in [0, 0.05) is 31.4 Å². The number of carboxylic acid groups (broad SMARTS) is 1. The summed E-state index contributed by atoms with van der Waals surface area (Å²) in [5, 5.41) is 14.6. The summed E-state index contributed by atoms with van der Waals surface area (Å²) in [6.45, 7) is 3.13. The van der Waals surface area contributed by atoms with Gasteiger partial charge in [-0.3, -0.25) is 4.79 Å². The van der Waals surface area contributed by atoms with E-state index in [1.807, 2.05) is 6.92 Å². The molecule has 1 aromatic rings. The number of aliphatic carboxylic acids is 1. The summed E-state index contributed by atoms with van der Waals surface area (Å²) < 4.78 is 5.46. The second-order valence-electron chi connectivity index (χ2n) is 5.08. The van der Waals surface area contributed by atoms with E-state index in [0.717, 1.165) is 0 Å². The van der Waals surface area contributed by atoms with Crippen molar-refractivity contribution in [2.45, 2.75) is 25.0 Å². The minimum Gasteiger partial charge on any atom is -0.480 e. The Kier molecular flexibility index (Phi) is 4.35. The molecule has 0 spiro atoms. The summed E-state index contributed by atoms with van der Waals surface area (Å²) in [4.78, 5) is 29.5. The molecule has 4 N–H and O–H groups in total. The van der Waals surface area contributed by atoms with E-state index in [1.54, 1.807) is 0 Å². The highest BCUT2D eigenvalue weighted by molar-refractivity contribution is 5.84. The number of rotatable bonds is 7. The molecule has 1 aliphatic heterocycles. The average molecular weight is 282 g/mol. The van der Waals surface area contributed by atoms with Gasteiger partial charge < -0.3 is 25.5 Å². The molecule has 2 rings (SSSR count). The normalized spacial score (nSPS) is 18.1. The molecule has 20 heavy (non-hydrogen) atoms. The highest BCUT2D eigenvalue weighted by atomic mass is 16.5. The topological polar surface area (TPSA) is 116 Å². The third-order valence-corrected chi connectivity index (χ3v) is 3.16. The monoisotopic (exact) mass is 282 g/mol. The Hall–Kier alpha value is -1.93. The quantitative estimate of drug-likeness (QED) is 0.504. The molecule has 8 heteroatoms. The zero-order valence-electron chi connectivity index (χ0n) is 11.2. The molecule has 1 aromatic heterocycles. The second-order valence-corrected chi connectivity index (χ2v) is 5.08. The first kappa shape index (κ1) is 14.5. The van der Waals surface area contributed by atoms with E-state index in [1.165, 1.54) is 12.5 Å². The maximum Gasteiger partial charge on any atom is 0.326 e. The molecule has 1 saturated heterocycles. The lowest BCUT2D eigenvalue weighted by Crippen LogP contribution is -2.60. The fourth-order valence-electron chi connectivity index (χ4n) is 1.87. The Balaban J connectivity index is 1.81. The minimum absolute atomic E-state index is 0.148. The first-order chi connectivity index (χ1) is 9.48. The maximum atomic E-state index is 11.7. The lowest BCUT2D eigenvalue weighted by atomic mass is 10.0. The van der Waals surface area contributed by atoms with Crippen LogP contribution in [0.15, 0.2) is 12.5 Å². The van der Waals surface area contributed by atoms with Crippen LogP contribution in [0, 0.1) is 0 Å². The van der Waals surface area contributed by atoms with Crippen molar-refractivity contribution in [1.29, 1.82) is 0 Å². The van der Waals surface area contributed by atoms with Gasteiger partial charge in [-0.2, -0.15) is 0 Å². The second kappa shape index (κ2) is 6.02. The van der Waals surface area contributed by atoms with Crippen molar-refractivity contribution in [1.82, 2.24) is 20.6 Å². The zero-order chi connectivity index (χ0) is 14.6. The number of hydrogen-bond acceptors (Lipinski definition) is 5. The molecule has 1 atom stereocenters. The van der Waals surface area contributed by atoms with Gasteiger partial charge >= 0.3 is 5.97 Å². The highest BCUT2D eigenvalue weighted by Crippen LogP contribution is 2.14.